The van der Waals surface area contributed by atoms with E-state index in [9.17, 15) is 4.79 Å². The average Bonchev–Trinajstić information content (AvgIpc) is 2.95. The molecule has 5 heteroatoms. The molecule has 0 saturated heterocycles. The largest absolute Gasteiger partial charge is 0.352 e. The van der Waals surface area contributed by atoms with Gasteiger partial charge < -0.3 is 9.72 Å². The SMILES string of the molecule is O=C(NCCc1ccccn1)c1ccc2nccn2c1. The first-order valence-corrected chi connectivity index (χ1v) is 6.44. The number of pyridine rings is 2. The molecule has 0 fully saturated rings. The molecule has 0 aliphatic heterocycles. The third-order valence-corrected chi connectivity index (χ3v) is 3.04. The van der Waals surface area contributed by atoms with Gasteiger partial charge in [-0.2, -0.15) is 0 Å². The molecule has 0 aliphatic carbocycles. The lowest BCUT2D eigenvalue weighted by molar-refractivity contribution is 0.0953. The van der Waals surface area contributed by atoms with E-state index in [1.54, 1.807) is 24.7 Å². The molecule has 0 spiro atoms. The van der Waals surface area contributed by atoms with Gasteiger partial charge in [0.15, 0.2) is 0 Å². The molecule has 1 N–H and O–H groups in total. The highest BCUT2D eigenvalue weighted by atomic mass is 16.1. The van der Waals surface area contributed by atoms with Crippen LogP contribution in [0.3, 0.4) is 0 Å². The molecule has 3 aromatic rings. The number of hydrogen-bond acceptors (Lipinski definition) is 3. The first-order valence-electron chi connectivity index (χ1n) is 6.44. The number of hydrogen-bond donors (Lipinski definition) is 1. The fourth-order valence-electron chi connectivity index (χ4n) is 2.01. The van der Waals surface area contributed by atoms with Gasteiger partial charge in [0.05, 0.1) is 5.56 Å². The fourth-order valence-corrected chi connectivity index (χ4v) is 2.01. The first kappa shape index (κ1) is 12.3. The maximum atomic E-state index is 12.0. The zero-order valence-electron chi connectivity index (χ0n) is 10.9. The van der Waals surface area contributed by atoms with E-state index in [0.29, 0.717) is 12.1 Å². The Labute approximate surface area is 116 Å². The van der Waals surface area contributed by atoms with Crippen molar-refractivity contribution in [2.75, 3.05) is 6.54 Å². The quantitative estimate of drug-likeness (QED) is 0.782. The van der Waals surface area contributed by atoms with Crippen molar-refractivity contribution in [3.05, 3.63) is 66.4 Å². The standard InChI is InChI=1S/C15H14N4O/c20-15(18-8-6-13-3-1-2-7-16-13)12-4-5-14-17-9-10-19(14)11-12/h1-5,7,9-11H,6,8H2,(H,18,20). The Morgan fingerprint density at radius 3 is 2.95 bits per heavy atom. The van der Waals surface area contributed by atoms with Crippen LogP contribution in [0.15, 0.2) is 55.1 Å². The zero-order valence-corrected chi connectivity index (χ0v) is 10.9. The van der Waals surface area contributed by atoms with Crippen molar-refractivity contribution in [1.29, 1.82) is 0 Å². The number of carbonyl (C=O) groups is 1. The highest BCUT2D eigenvalue weighted by molar-refractivity contribution is 5.94. The van der Waals surface area contributed by atoms with Gasteiger partial charge in [-0.1, -0.05) is 6.07 Å². The van der Waals surface area contributed by atoms with Crippen LogP contribution in [0, 0.1) is 0 Å². The summed E-state index contributed by atoms with van der Waals surface area (Å²) in [7, 11) is 0. The number of fused-ring (bicyclic) bond motifs is 1. The van der Waals surface area contributed by atoms with Gasteiger partial charge in [0, 0.05) is 43.4 Å². The molecule has 5 nitrogen and oxygen atoms in total. The molecule has 0 atom stereocenters. The van der Waals surface area contributed by atoms with Crippen LogP contribution in [0.25, 0.3) is 5.65 Å². The molecule has 0 aromatic carbocycles. The molecule has 3 rings (SSSR count). The van der Waals surface area contributed by atoms with Gasteiger partial charge >= 0.3 is 0 Å². The van der Waals surface area contributed by atoms with E-state index in [2.05, 4.69) is 15.3 Å². The van der Waals surface area contributed by atoms with Crippen LogP contribution in [0.2, 0.25) is 0 Å². The number of carbonyl (C=O) groups excluding carboxylic acids is 1. The number of nitrogens with zero attached hydrogens (tertiary/aromatic N) is 3. The summed E-state index contributed by atoms with van der Waals surface area (Å²) in [5, 5.41) is 2.89. The summed E-state index contributed by atoms with van der Waals surface area (Å²) >= 11 is 0. The molecule has 0 unspecified atom stereocenters. The second-order valence-corrected chi connectivity index (χ2v) is 4.44. The van der Waals surface area contributed by atoms with Crippen LogP contribution in [0.1, 0.15) is 16.1 Å². The zero-order chi connectivity index (χ0) is 13.8. The summed E-state index contributed by atoms with van der Waals surface area (Å²) in [6.45, 7) is 0.567. The Hall–Kier alpha value is -2.69. The molecule has 3 heterocycles. The highest BCUT2D eigenvalue weighted by Crippen LogP contribution is 2.04. The van der Waals surface area contributed by atoms with Crippen molar-refractivity contribution in [3.63, 3.8) is 0 Å². The van der Waals surface area contributed by atoms with Crippen molar-refractivity contribution >= 4 is 11.6 Å². The summed E-state index contributed by atoms with van der Waals surface area (Å²) < 4.78 is 1.83. The van der Waals surface area contributed by atoms with Crippen LogP contribution in [0.4, 0.5) is 0 Å². The monoisotopic (exact) mass is 266 g/mol. The molecule has 3 aromatic heterocycles. The molecule has 100 valence electrons. The first-order chi connectivity index (χ1) is 9.83. The third kappa shape index (κ3) is 2.66. The van der Waals surface area contributed by atoms with Crippen LogP contribution >= 0.6 is 0 Å². The minimum Gasteiger partial charge on any atom is -0.352 e. The molecular formula is C15H14N4O. The van der Waals surface area contributed by atoms with Crippen molar-refractivity contribution in [3.8, 4) is 0 Å². The summed E-state index contributed by atoms with van der Waals surface area (Å²) in [5.41, 5.74) is 2.42. The van der Waals surface area contributed by atoms with Crippen LogP contribution in [-0.4, -0.2) is 26.8 Å². The molecule has 0 aliphatic rings. The van der Waals surface area contributed by atoms with Crippen molar-refractivity contribution in [2.45, 2.75) is 6.42 Å². The van der Waals surface area contributed by atoms with Gasteiger partial charge in [-0.25, -0.2) is 4.98 Å². The maximum Gasteiger partial charge on any atom is 0.252 e. The van der Waals surface area contributed by atoms with Crippen LogP contribution < -0.4 is 5.32 Å². The van der Waals surface area contributed by atoms with Crippen molar-refractivity contribution in [2.24, 2.45) is 0 Å². The van der Waals surface area contributed by atoms with Gasteiger partial charge in [0.25, 0.3) is 5.91 Å². The Morgan fingerprint density at radius 1 is 1.15 bits per heavy atom. The number of aromatic nitrogens is 3. The van der Waals surface area contributed by atoms with E-state index < -0.39 is 0 Å². The molecule has 0 radical (unpaired) electrons. The Morgan fingerprint density at radius 2 is 2.10 bits per heavy atom. The number of imidazole rings is 1. The Balaban J connectivity index is 1.61. The van der Waals surface area contributed by atoms with Gasteiger partial charge in [-0.15, -0.1) is 0 Å². The lowest BCUT2D eigenvalue weighted by Crippen LogP contribution is -2.26. The Kier molecular flexibility index (Phi) is 3.41. The normalized spacial score (nSPS) is 10.6. The third-order valence-electron chi connectivity index (χ3n) is 3.04. The van der Waals surface area contributed by atoms with Gasteiger partial charge in [-0.3, -0.25) is 9.78 Å². The van der Waals surface area contributed by atoms with Crippen molar-refractivity contribution in [1.82, 2.24) is 19.7 Å². The van der Waals surface area contributed by atoms with E-state index in [1.807, 2.05) is 34.9 Å². The van der Waals surface area contributed by atoms with Crippen LogP contribution in [0.5, 0.6) is 0 Å². The summed E-state index contributed by atoms with van der Waals surface area (Å²) in [4.78, 5) is 20.4. The predicted molar refractivity (Wildman–Crippen MR) is 75.5 cm³/mol. The summed E-state index contributed by atoms with van der Waals surface area (Å²) in [6.07, 6.45) is 7.78. The van der Waals surface area contributed by atoms with Gasteiger partial charge in [-0.05, 0) is 24.3 Å². The molecule has 0 bridgehead atoms. The van der Waals surface area contributed by atoms with E-state index in [1.165, 1.54) is 0 Å². The molecule has 1 amide bonds. The second-order valence-electron chi connectivity index (χ2n) is 4.44. The second kappa shape index (κ2) is 5.52. The smallest absolute Gasteiger partial charge is 0.252 e. The fraction of sp³-hybridized carbons (Fsp3) is 0.133. The summed E-state index contributed by atoms with van der Waals surface area (Å²) in [6, 6.07) is 9.37. The maximum absolute atomic E-state index is 12.0. The Bertz CT molecular complexity index is 721. The van der Waals surface area contributed by atoms with Gasteiger partial charge in [0.1, 0.15) is 5.65 Å². The van der Waals surface area contributed by atoms with E-state index in [-0.39, 0.29) is 5.91 Å². The van der Waals surface area contributed by atoms with Crippen LogP contribution in [-0.2, 0) is 6.42 Å². The minimum absolute atomic E-state index is 0.0865. The van der Waals surface area contributed by atoms with Gasteiger partial charge in [0.2, 0.25) is 0 Å². The lowest BCUT2D eigenvalue weighted by Gasteiger charge is -2.05. The average molecular weight is 266 g/mol. The minimum atomic E-state index is -0.0865. The topological polar surface area (TPSA) is 59.3 Å². The molecule has 20 heavy (non-hydrogen) atoms. The predicted octanol–water partition coefficient (Wildman–Crippen LogP) is 1.70. The van der Waals surface area contributed by atoms with E-state index in [4.69, 9.17) is 0 Å². The number of rotatable bonds is 4. The van der Waals surface area contributed by atoms with E-state index in [0.717, 1.165) is 17.8 Å². The lowest BCUT2D eigenvalue weighted by atomic mass is 10.2. The molecular weight excluding hydrogens is 252 g/mol. The summed E-state index contributed by atoms with van der Waals surface area (Å²) in [5.74, 6) is -0.0865. The number of nitrogens with one attached hydrogen (secondary N) is 1. The van der Waals surface area contributed by atoms with Crippen molar-refractivity contribution < 1.29 is 4.79 Å². The number of amides is 1. The molecule has 0 saturated carbocycles. The van der Waals surface area contributed by atoms with E-state index >= 15 is 0 Å². The highest BCUT2D eigenvalue weighted by Gasteiger charge is 2.06.